The summed E-state index contributed by atoms with van der Waals surface area (Å²) in [6.07, 6.45) is 7.10. The monoisotopic (exact) mass is 346 g/mol. The molecule has 1 aromatic carbocycles. The van der Waals surface area contributed by atoms with Crippen LogP contribution in [0.4, 0.5) is 4.39 Å². The highest BCUT2D eigenvalue weighted by atomic mass is 19.1. The first kappa shape index (κ1) is 17.5. The molecule has 2 unspecified atom stereocenters. The lowest BCUT2D eigenvalue weighted by molar-refractivity contribution is -0.143. The SMILES string of the molecule is O=C(Cc1c[nH]c2cc(F)ccc12)NC1CCCCCCC1C(=O)O. The first-order chi connectivity index (χ1) is 12.0. The van der Waals surface area contributed by atoms with Gasteiger partial charge in [-0.3, -0.25) is 9.59 Å². The van der Waals surface area contributed by atoms with Crippen LogP contribution in [0.2, 0.25) is 0 Å². The van der Waals surface area contributed by atoms with E-state index in [0.717, 1.165) is 36.6 Å². The molecule has 1 aliphatic rings. The maximum Gasteiger partial charge on any atom is 0.308 e. The van der Waals surface area contributed by atoms with Crippen LogP contribution < -0.4 is 5.32 Å². The van der Waals surface area contributed by atoms with E-state index in [-0.39, 0.29) is 24.2 Å². The second-order valence-corrected chi connectivity index (χ2v) is 6.79. The Morgan fingerprint density at radius 2 is 1.96 bits per heavy atom. The molecule has 2 aromatic rings. The molecule has 3 N–H and O–H groups in total. The van der Waals surface area contributed by atoms with Gasteiger partial charge < -0.3 is 15.4 Å². The standard InChI is InChI=1S/C19H23FN2O3/c20-13-7-8-14-12(11-21-17(14)10-13)9-18(23)22-16-6-4-2-1-3-5-15(16)19(24)25/h7-8,10-11,15-16,21H,1-6,9H2,(H,22,23)(H,24,25). The highest BCUT2D eigenvalue weighted by Gasteiger charge is 2.29. The van der Waals surface area contributed by atoms with Crippen LogP contribution in [-0.4, -0.2) is 28.0 Å². The van der Waals surface area contributed by atoms with Gasteiger partial charge in [0.1, 0.15) is 5.82 Å². The Hall–Kier alpha value is -2.37. The van der Waals surface area contributed by atoms with E-state index in [2.05, 4.69) is 10.3 Å². The number of fused-ring (bicyclic) bond motifs is 1. The number of amides is 1. The van der Waals surface area contributed by atoms with E-state index in [0.29, 0.717) is 18.4 Å². The Kier molecular flexibility index (Phi) is 5.36. The zero-order valence-corrected chi connectivity index (χ0v) is 14.1. The van der Waals surface area contributed by atoms with Crippen LogP contribution in [0.25, 0.3) is 10.9 Å². The van der Waals surface area contributed by atoms with Crippen LogP contribution in [-0.2, 0) is 16.0 Å². The van der Waals surface area contributed by atoms with Crippen molar-refractivity contribution in [2.45, 2.75) is 51.0 Å². The number of aliphatic carboxylic acids is 1. The molecule has 0 radical (unpaired) electrons. The maximum atomic E-state index is 13.3. The van der Waals surface area contributed by atoms with Gasteiger partial charge in [-0.1, -0.05) is 25.7 Å². The van der Waals surface area contributed by atoms with Crippen molar-refractivity contribution in [3.05, 3.63) is 35.8 Å². The zero-order valence-electron chi connectivity index (χ0n) is 14.1. The molecule has 1 aromatic heterocycles. The topological polar surface area (TPSA) is 82.2 Å². The minimum atomic E-state index is -0.838. The van der Waals surface area contributed by atoms with Gasteiger partial charge in [-0.15, -0.1) is 0 Å². The third-order valence-electron chi connectivity index (χ3n) is 5.01. The van der Waals surface area contributed by atoms with Gasteiger partial charge in [-0.25, -0.2) is 4.39 Å². The van der Waals surface area contributed by atoms with Crippen LogP contribution in [0.5, 0.6) is 0 Å². The van der Waals surface area contributed by atoms with Crippen LogP contribution in [0, 0.1) is 11.7 Å². The fraction of sp³-hybridized carbons (Fsp3) is 0.474. The first-order valence-corrected chi connectivity index (χ1v) is 8.82. The van der Waals surface area contributed by atoms with E-state index < -0.39 is 11.9 Å². The predicted molar refractivity (Wildman–Crippen MR) is 92.7 cm³/mol. The summed E-state index contributed by atoms with van der Waals surface area (Å²) in [5, 5.41) is 13.2. The quantitative estimate of drug-likeness (QED) is 0.794. The molecule has 5 nitrogen and oxygen atoms in total. The molecule has 25 heavy (non-hydrogen) atoms. The fourth-order valence-electron chi connectivity index (χ4n) is 3.69. The lowest BCUT2D eigenvalue weighted by atomic mass is 9.86. The zero-order chi connectivity index (χ0) is 17.8. The molecule has 1 amide bonds. The van der Waals surface area contributed by atoms with Crippen molar-refractivity contribution in [1.29, 1.82) is 0 Å². The highest BCUT2D eigenvalue weighted by molar-refractivity contribution is 5.89. The summed E-state index contributed by atoms with van der Waals surface area (Å²) in [6.45, 7) is 0. The number of aromatic amines is 1. The molecule has 1 aliphatic carbocycles. The number of rotatable bonds is 4. The summed E-state index contributed by atoms with van der Waals surface area (Å²) in [4.78, 5) is 27.0. The average molecular weight is 346 g/mol. The van der Waals surface area contributed by atoms with E-state index in [9.17, 15) is 19.1 Å². The Bertz CT molecular complexity index is 771. The third kappa shape index (κ3) is 4.18. The second-order valence-electron chi connectivity index (χ2n) is 6.79. The summed E-state index contributed by atoms with van der Waals surface area (Å²) in [5.41, 5.74) is 1.43. The van der Waals surface area contributed by atoms with E-state index in [1.54, 1.807) is 12.3 Å². The highest BCUT2D eigenvalue weighted by Crippen LogP contribution is 2.24. The van der Waals surface area contributed by atoms with Gasteiger partial charge >= 0.3 is 5.97 Å². The van der Waals surface area contributed by atoms with Crippen molar-refractivity contribution >= 4 is 22.8 Å². The number of hydrogen-bond acceptors (Lipinski definition) is 2. The van der Waals surface area contributed by atoms with Gasteiger partial charge in [0.05, 0.1) is 12.3 Å². The number of carbonyl (C=O) groups excluding carboxylic acids is 1. The average Bonchev–Trinajstić information content (AvgIpc) is 2.91. The Morgan fingerprint density at radius 1 is 1.20 bits per heavy atom. The number of nitrogens with one attached hydrogen (secondary N) is 2. The summed E-state index contributed by atoms with van der Waals surface area (Å²) in [7, 11) is 0. The third-order valence-corrected chi connectivity index (χ3v) is 5.01. The van der Waals surface area contributed by atoms with E-state index in [1.165, 1.54) is 12.1 Å². The number of carboxylic acid groups (broad SMARTS) is 1. The molecule has 0 bridgehead atoms. The molecule has 0 spiro atoms. The molecular formula is C19H23FN2O3. The van der Waals surface area contributed by atoms with Crippen LogP contribution in [0.15, 0.2) is 24.4 Å². The molecule has 3 rings (SSSR count). The summed E-state index contributed by atoms with van der Waals surface area (Å²) in [5.74, 6) is -1.89. The van der Waals surface area contributed by atoms with E-state index >= 15 is 0 Å². The lowest BCUT2D eigenvalue weighted by Crippen LogP contribution is -2.44. The van der Waals surface area contributed by atoms with Crippen molar-refractivity contribution < 1.29 is 19.1 Å². The van der Waals surface area contributed by atoms with Crippen molar-refractivity contribution in [2.75, 3.05) is 0 Å². The summed E-state index contributed by atoms with van der Waals surface area (Å²) in [6, 6.07) is 4.09. The second kappa shape index (κ2) is 7.68. The summed E-state index contributed by atoms with van der Waals surface area (Å²) < 4.78 is 13.3. The Morgan fingerprint density at radius 3 is 2.72 bits per heavy atom. The molecule has 6 heteroatoms. The fourth-order valence-corrected chi connectivity index (χ4v) is 3.69. The largest absolute Gasteiger partial charge is 0.481 e. The van der Waals surface area contributed by atoms with Crippen molar-refractivity contribution in [3.8, 4) is 0 Å². The number of carboxylic acids is 1. The molecule has 0 saturated heterocycles. The molecule has 1 saturated carbocycles. The maximum absolute atomic E-state index is 13.3. The molecule has 0 aliphatic heterocycles. The minimum Gasteiger partial charge on any atom is -0.481 e. The molecule has 2 atom stereocenters. The van der Waals surface area contributed by atoms with E-state index in [4.69, 9.17) is 0 Å². The van der Waals surface area contributed by atoms with Gasteiger partial charge in [-0.05, 0) is 36.6 Å². The normalized spacial score (nSPS) is 21.5. The lowest BCUT2D eigenvalue weighted by Gasteiger charge is -2.27. The molecule has 1 heterocycles. The number of carbonyl (C=O) groups is 2. The smallest absolute Gasteiger partial charge is 0.308 e. The number of aromatic nitrogens is 1. The minimum absolute atomic E-state index is 0.147. The Labute approximate surface area is 145 Å². The molecule has 1 fully saturated rings. The number of hydrogen-bond donors (Lipinski definition) is 3. The number of benzene rings is 1. The van der Waals surface area contributed by atoms with Crippen LogP contribution in [0.1, 0.15) is 44.1 Å². The van der Waals surface area contributed by atoms with Gasteiger partial charge in [0.15, 0.2) is 0 Å². The number of halogens is 1. The summed E-state index contributed by atoms with van der Waals surface area (Å²) >= 11 is 0. The van der Waals surface area contributed by atoms with E-state index in [1.807, 2.05) is 0 Å². The van der Waals surface area contributed by atoms with Crippen molar-refractivity contribution in [2.24, 2.45) is 5.92 Å². The van der Waals surface area contributed by atoms with Gasteiger partial charge in [0.25, 0.3) is 0 Å². The molecular weight excluding hydrogens is 323 g/mol. The van der Waals surface area contributed by atoms with Gasteiger partial charge in [0, 0.05) is 23.1 Å². The van der Waals surface area contributed by atoms with Crippen molar-refractivity contribution in [1.82, 2.24) is 10.3 Å². The first-order valence-electron chi connectivity index (χ1n) is 8.82. The van der Waals surface area contributed by atoms with Crippen LogP contribution >= 0.6 is 0 Å². The predicted octanol–water partition coefficient (Wildman–Crippen LogP) is 3.39. The Balaban J connectivity index is 1.70. The molecule has 134 valence electrons. The van der Waals surface area contributed by atoms with Gasteiger partial charge in [-0.2, -0.15) is 0 Å². The van der Waals surface area contributed by atoms with Crippen molar-refractivity contribution in [3.63, 3.8) is 0 Å². The van der Waals surface area contributed by atoms with Crippen LogP contribution in [0.3, 0.4) is 0 Å². The number of H-pyrrole nitrogens is 1. The van der Waals surface area contributed by atoms with Gasteiger partial charge in [0.2, 0.25) is 5.91 Å².